The number of nitro groups is 1. The lowest BCUT2D eigenvalue weighted by Crippen LogP contribution is -2.48. The molecule has 9 heteroatoms. The van der Waals surface area contributed by atoms with Crippen LogP contribution in [0, 0.1) is 15.5 Å². The number of rotatable bonds is 6. The van der Waals surface area contributed by atoms with Crippen LogP contribution >= 0.6 is 0 Å². The highest BCUT2D eigenvalue weighted by Crippen LogP contribution is 2.35. The predicted molar refractivity (Wildman–Crippen MR) is 91.4 cm³/mol. The SMILES string of the molecule is CN(CC(C)(C)CN)C(=O)CN1C(=O)COc2ccc([N+](=O)[O-])cc21. The van der Waals surface area contributed by atoms with Gasteiger partial charge in [-0.2, -0.15) is 0 Å². The third-order valence-electron chi connectivity index (χ3n) is 4.03. The summed E-state index contributed by atoms with van der Waals surface area (Å²) in [5.74, 6) is -0.370. The molecule has 0 fully saturated rings. The van der Waals surface area contributed by atoms with E-state index in [1.165, 1.54) is 28.0 Å². The van der Waals surface area contributed by atoms with Crippen LogP contribution in [-0.4, -0.2) is 54.9 Å². The van der Waals surface area contributed by atoms with E-state index in [1.807, 2.05) is 13.8 Å². The molecule has 0 unspecified atom stereocenters. The number of ether oxygens (including phenoxy) is 1. The molecule has 0 saturated carbocycles. The Hall–Kier alpha value is -2.68. The van der Waals surface area contributed by atoms with E-state index in [1.54, 1.807) is 7.05 Å². The summed E-state index contributed by atoms with van der Waals surface area (Å²) >= 11 is 0. The lowest BCUT2D eigenvalue weighted by atomic mass is 9.93. The van der Waals surface area contributed by atoms with Crippen LogP contribution in [0.25, 0.3) is 0 Å². The van der Waals surface area contributed by atoms with Crippen molar-refractivity contribution in [3.05, 3.63) is 28.3 Å². The van der Waals surface area contributed by atoms with Crippen molar-refractivity contribution in [2.75, 3.05) is 38.2 Å². The molecule has 0 aromatic heterocycles. The topological polar surface area (TPSA) is 119 Å². The number of carbonyl (C=O) groups excluding carboxylic acids is 2. The van der Waals surface area contributed by atoms with Gasteiger partial charge in [0.25, 0.3) is 11.6 Å². The van der Waals surface area contributed by atoms with Crippen molar-refractivity contribution in [2.24, 2.45) is 11.1 Å². The number of hydrogen-bond donors (Lipinski definition) is 1. The molecule has 136 valence electrons. The van der Waals surface area contributed by atoms with E-state index in [0.29, 0.717) is 18.8 Å². The minimum absolute atomic E-state index is 0.174. The number of fused-ring (bicyclic) bond motifs is 1. The highest BCUT2D eigenvalue weighted by atomic mass is 16.6. The molecule has 1 aliphatic rings. The lowest BCUT2D eigenvalue weighted by Gasteiger charge is -2.32. The molecule has 2 N–H and O–H groups in total. The summed E-state index contributed by atoms with van der Waals surface area (Å²) in [5, 5.41) is 11.0. The maximum absolute atomic E-state index is 12.5. The molecule has 25 heavy (non-hydrogen) atoms. The standard InChI is InChI=1S/C16H22N4O5/c1-16(2,9-17)10-18(3)14(21)7-19-12-6-11(20(23)24)4-5-13(12)25-8-15(19)22/h4-6H,7-10,17H2,1-3H3. The first-order valence-electron chi connectivity index (χ1n) is 7.80. The minimum atomic E-state index is -0.560. The fourth-order valence-corrected chi connectivity index (χ4v) is 2.53. The summed E-state index contributed by atoms with van der Waals surface area (Å²) in [5.41, 5.74) is 5.49. The summed E-state index contributed by atoms with van der Waals surface area (Å²) in [6.45, 7) is 4.30. The molecule has 0 saturated heterocycles. The number of nitrogens with two attached hydrogens (primary N) is 1. The van der Waals surface area contributed by atoms with Gasteiger partial charge in [0.15, 0.2) is 6.61 Å². The Morgan fingerprint density at radius 1 is 1.48 bits per heavy atom. The number of nitro benzene ring substituents is 1. The van der Waals surface area contributed by atoms with Crippen molar-refractivity contribution in [3.8, 4) is 5.75 Å². The molecule has 1 aromatic rings. The third-order valence-corrected chi connectivity index (χ3v) is 4.03. The van der Waals surface area contributed by atoms with Crippen molar-refractivity contribution in [3.63, 3.8) is 0 Å². The van der Waals surface area contributed by atoms with Crippen LogP contribution in [0.1, 0.15) is 13.8 Å². The molecule has 1 heterocycles. The maximum Gasteiger partial charge on any atom is 0.271 e. The fourth-order valence-electron chi connectivity index (χ4n) is 2.53. The molecule has 0 bridgehead atoms. The van der Waals surface area contributed by atoms with Crippen LogP contribution in [0.5, 0.6) is 5.75 Å². The number of likely N-dealkylation sites (N-methyl/N-ethyl adjacent to an activating group) is 1. The van der Waals surface area contributed by atoms with E-state index in [9.17, 15) is 19.7 Å². The van der Waals surface area contributed by atoms with Crippen molar-refractivity contribution >= 4 is 23.2 Å². The third kappa shape index (κ3) is 4.24. The van der Waals surface area contributed by atoms with E-state index in [4.69, 9.17) is 10.5 Å². The molecule has 2 rings (SSSR count). The van der Waals surface area contributed by atoms with Gasteiger partial charge in [0, 0.05) is 25.7 Å². The first-order valence-corrected chi connectivity index (χ1v) is 7.80. The van der Waals surface area contributed by atoms with Crippen LogP contribution in [-0.2, 0) is 9.59 Å². The molecule has 2 amide bonds. The van der Waals surface area contributed by atoms with E-state index in [-0.39, 0.29) is 35.8 Å². The monoisotopic (exact) mass is 350 g/mol. The van der Waals surface area contributed by atoms with E-state index < -0.39 is 10.8 Å². The van der Waals surface area contributed by atoms with Crippen LogP contribution in [0.15, 0.2) is 18.2 Å². The molecule has 1 aromatic carbocycles. The summed E-state index contributed by atoms with van der Waals surface area (Å²) in [7, 11) is 1.64. The quantitative estimate of drug-likeness (QED) is 0.598. The van der Waals surface area contributed by atoms with Gasteiger partial charge in [0.1, 0.15) is 12.3 Å². The van der Waals surface area contributed by atoms with Gasteiger partial charge in [-0.1, -0.05) is 13.8 Å². The summed E-state index contributed by atoms with van der Waals surface area (Å²) in [6, 6.07) is 3.96. The average molecular weight is 350 g/mol. The Kier molecular flexibility index (Phi) is 5.27. The van der Waals surface area contributed by atoms with Gasteiger partial charge < -0.3 is 15.4 Å². The zero-order valence-corrected chi connectivity index (χ0v) is 14.5. The molecular weight excluding hydrogens is 328 g/mol. The molecule has 0 aliphatic carbocycles. The Morgan fingerprint density at radius 2 is 2.16 bits per heavy atom. The number of hydrogen-bond acceptors (Lipinski definition) is 6. The highest BCUT2D eigenvalue weighted by Gasteiger charge is 2.31. The molecule has 0 radical (unpaired) electrons. The normalized spacial score (nSPS) is 13.9. The van der Waals surface area contributed by atoms with Crippen LogP contribution in [0.4, 0.5) is 11.4 Å². The number of anilines is 1. The maximum atomic E-state index is 12.5. The second-order valence-corrected chi connectivity index (χ2v) is 6.80. The van der Waals surface area contributed by atoms with Crippen LogP contribution in [0.3, 0.4) is 0 Å². The van der Waals surface area contributed by atoms with E-state index in [2.05, 4.69) is 0 Å². The number of carbonyl (C=O) groups is 2. The van der Waals surface area contributed by atoms with Crippen molar-refractivity contribution in [1.82, 2.24) is 4.90 Å². The largest absolute Gasteiger partial charge is 0.482 e. The average Bonchev–Trinajstić information content (AvgIpc) is 2.56. The molecule has 1 aliphatic heterocycles. The molecule has 0 atom stereocenters. The van der Waals surface area contributed by atoms with E-state index in [0.717, 1.165) is 0 Å². The van der Waals surface area contributed by atoms with Crippen LogP contribution < -0.4 is 15.4 Å². The van der Waals surface area contributed by atoms with Gasteiger partial charge in [-0.25, -0.2) is 0 Å². The number of amides is 2. The summed E-state index contributed by atoms with van der Waals surface area (Å²) in [4.78, 5) is 37.8. The Morgan fingerprint density at radius 3 is 2.76 bits per heavy atom. The molecular formula is C16H22N4O5. The van der Waals surface area contributed by atoms with Gasteiger partial charge in [-0.15, -0.1) is 0 Å². The van der Waals surface area contributed by atoms with Gasteiger partial charge in [0.05, 0.1) is 10.6 Å². The molecule has 9 nitrogen and oxygen atoms in total. The summed E-state index contributed by atoms with van der Waals surface area (Å²) < 4.78 is 5.29. The Labute approximate surface area is 145 Å². The Balaban J connectivity index is 2.22. The second-order valence-electron chi connectivity index (χ2n) is 6.80. The van der Waals surface area contributed by atoms with Crippen molar-refractivity contribution in [1.29, 1.82) is 0 Å². The predicted octanol–water partition coefficient (Wildman–Crippen LogP) is 0.764. The zero-order valence-electron chi connectivity index (χ0n) is 14.5. The second kappa shape index (κ2) is 7.06. The van der Waals surface area contributed by atoms with Crippen molar-refractivity contribution < 1.29 is 19.2 Å². The van der Waals surface area contributed by atoms with Crippen LogP contribution in [0.2, 0.25) is 0 Å². The van der Waals surface area contributed by atoms with Gasteiger partial charge in [0.2, 0.25) is 5.91 Å². The highest BCUT2D eigenvalue weighted by molar-refractivity contribution is 6.02. The number of non-ortho nitro benzene ring substituents is 1. The first kappa shape index (κ1) is 18.7. The van der Waals surface area contributed by atoms with Gasteiger partial charge in [-0.05, 0) is 18.0 Å². The number of nitrogens with zero attached hydrogens (tertiary/aromatic N) is 3. The number of benzene rings is 1. The fraction of sp³-hybridized carbons (Fsp3) is 0.500. The lowest BCUT2D eigenvalue weighted by molar-refractivity contribution is -0.384. The Bertz CT molecular complexity index is 704. The van der Waals surface area contributed by atoms with Gasteiger partial charge >= 0.3 is 0 Å². The minimum Gasteiger partial charge on any atom is -0.482 e. The zero-order chi connectivity index (χ0) is 18.8. The molecule has 0 spiro atoms. The first-order chi connectivity index (χ1) is 11.6. The van der Waals surface area contributed by atoms with E-state index >= 15 is 0 Å². The summed E-state index contributed by atoms with van der Waals surface area (Å²) in [6.07, 6.45) is 0. The smallest absolute Gasteiger partial charge is 0.271 e. The van der Waals surface area contributed by atoms with Crippen molar-refractivity contribution in [2.45, 2.75) is 13.8 Å². The van der Waals surface area contributed by atoms with Gasteiger partial charge in [-0.3, -0.25) is 24.6 Å².